The molecule has 2 aromatic carbocycles. The molecule has 9 nitrogen and oxygen atoms in total. The van der Waals surface area contributed by atoms with Crippen LogP contribution in [0, 0.1) is 10.1 Å². The Morgan fingerprint density at radius 1 is 1.06 bits per heavy atom. The number of nitrogens with zero attached hydrogens (tertiary/aromatic N) is 4. The third-order valence-electron chi connectivity index (χ3n) is 4.73. The molecule has 1 aromatic heterocycles. The Labute approximate surface area is 180 Å². The number of amides is 1. The Balaban J connectivity index is 1.96. The van der Waals surface area contributed by atoms with Gasteiger partial charge in [-0.05, 0) is 35.9 Å². The van der Waals surface area contributed by atoms with Crippen LogP contribution < -0.4 is 4.90 Å². The van der Waals surface area contributed by atoms with Gasteiger partial charge in [0.05, 0.1) is 16.5 Å². The summed E-state index contributed by atoms with van der Waals surface area (Å²) in [5.74, 6) is -2.43. The van der Waals surface area contributed by atoms with Gasteiger partial charge >= 0.3 is 5.91 Å². The molecule has 1 saturated heterocycles. The van der Waals surface area contributed by atoms with Crippen LogP contribution in [-0.2, 0) is 9.59 Å². The number of anilines is 1. The molecule has 1 N–H and O–H groups in total. The quantitative estimate of drug-likeness (QED) is 0.217. The first kappa shape index (κ1) is 20.2. The van der Waals surface area contributed by atoms with Crippen LogP contribution in [0.2, 0.25) is 5.02 Å². The number of carbonyl (C=O) groups is 2. The van der Waals surface area contributed by atoms with Gasteiger partial charge in [0.2, 0.25) is 5.95 Å². The Hall–Kier alpha value is -4.11. The van der Waals surface area contributed by atoms with E-state index in [1.807, 2.05) is 0 Å². The number of aliphatic hydroxyl groups is 1. The monoisotopic (exact) mass is 436 g/mol. The van der Waals surface area contributed by atoms with E-state index >= 15 is 0 Å². The summed E-state index contributed by atoms with van der Waals surface area (Å²) in [5, 5.41) is 22.6. The molecule has 2 heterocycles. The van der Waals surface area contributed by atoms with E-state index in [2.05, 4.69) is 9.97 Å². The lowest BCUT2D eigenvalue weighted by Crippen LogP contribution is -2.31. The predicted molar refractivity (Wildman–Crippen MR) is 111 cm³/mol. The lowest BCUT2D eigenvalue weighted by molar-refractivity contribution is -0.384. The van der Waals surface area contributed by atoms with Crippen LogP contribution in [0.5, 0.6) is 0 Å². The van der Waals surface area contributed by atoms with Crippen molar-refractivity contribution in [2.75, 3.05) is 4.90 Å². The Kier molecular flexibility index (Phi) is 5.18. The molecule has 0 radical (unpaired) electrons. The fourth-order valence-corrected chi connectivity index (χ4v) is 3.47. The summed E-state index contributed by atoms with van der Waals surface area (Å²) in [5.41, 5.74) is 0.0343. The van der Waals surface area contributed by atoms with Gasteiger partial charge < -0.3 is 5.11 Å². The van der Waals surface area contributed by atoms with Crippen molar-refractivity contribution < 1.29 is 19.6 Å². The number of halogens is 1. The van der Waals surface area contributed by atoms with Crippen LogP contribution >= 0.6 is 11.6 Å². The number of nitro groups is 1. The van der Waals surface area contributed by atoms with E-state index in [0.29, 0.717) is 5.02 Å². The number of rotatable bonds is 4. The molecular weight excluding hydrogens is 424 g/mol. The smallest absolute Gasteiger partial charge is 0.302 e. The van der Waals surface area contributed by atoms with E-state index < -0.39 is 28.4 Å². The number of carbonyl (C=O) groups excluding carboxylic acids is 2. The molecule has 1 unspecified atom stereocenters. The van der Waals surface area contributed by atoms with Crippen molar-refractivity contribution in [1.82, 2.24) is 9.97 Å². The number of hydrogen-bond donors (Lipinski definition) is 1. The summed E-state index contributed by atoms with van der Waals surface area (Å²) in [6, 6.07) is 11.9. The van der Waals surface area contributed by atoms with Gasteiger partial charge in [-0.3, -0.25) is 24.6 Å². The number of aromatic nitrogens is 2. The lowest BCUT2D eigenvalue weighted by atomic mass is 9.95. The maximum Gasteiger partial charge on any atom is 0.302 e. The molecule has 1 aliphatic rings. The average molecular weight is 437 g/mol. The van der Waals surface area contributed by atoms with Crippen LogP contribution in [-0.4, -0.2) is 31.7 Å². The van der Waals surface area contributed by atoms with E-state index in [0.717, 1.165) is 4.90 Å². The second kappa shape index (κ2) is 7.96. The van der Waals surface area contributed by atoms with E-state index in [1.165, 1.54) is 67.0 Å². The van der Waals surface area contributed by atoms with Crippen LogP contribution in [0.4, 0.5) is 11.6 Å². The molecule has 0 aliphatic carbocycles. The second-order valence-electron chi connectivity index (χ2n) is 6.58. The molecule has 4 rings (SSSR count). The van der Waals surface area contributed by atoms with Crippen molar-refractivity contribution in [2.45, 2.75) is 6.04 Å². The first-order chi connectivity index (χ1) is 14.9. The SMILES string of the molecule is O=C1C(=O)N(c2ncccn2)C(c2cccc([N+](=O)[O-])c2)/C1=C(\O)c1ccc(Cl)cc1. The highest BCUT2D eigenvalue weighted by molar-refractivity contribution is 6.51. The molecule has 154 valence electrons. The number of nitro benzene ring substituents is 1. The molecule has 0 bridgehead atoms. The molecule has 0 saturated carbocycles. The standard InChI is InChI=1S/C21H13ClN4O5/c22-14-7-5-12(6-8-14)18(27)16-17(13-3-1-4-15(11-13)26(30)31)25(20(29)19(16)28)21-23-9-2-10-24-21/h1-11,17,27H/b18-16+. The number of non-ortho nitro benzene ring substituents is 1. The van der Waals surface area contributed by atoms with E-state index in [9.17, 15) is 24.8 Å². The highest BCUT2D eigenvalue weighted by Crippen LogP contribution is 2.41. The topological polar surface area (TPSA) is 127 Å². The number of ketones is 1. The molecule has 1 amide bonds. The van der Waals surface area contributed by atoms with Crippen molar-refractivity contribution in [3.05, 3.63) is 98.8 Å². The number of hydrogen-bond acceptors (Lipinski definition) is 7. The summed E-state index contributed by atoms with van der Waals surface area (Å²) in [6.45, 7) is 0. The van der Waals surface area contributed by atoms with Gasteiger partial charge in [0, 0.05) is 35.1 Å². The highest BCUT2D eigenvalue weighted by atomic mass is 35.5. The zero-order valence-corrected chi connectivity index (χ0v) is 16.4. The third-order valence-corrected chi connectivity index (χ3v) is 4.98. The summed E-state index contributed by atoms with van der Waals surface area (Å²) < 4.78 is 0. The molecule has 1 atom stereocenters. The average Bonchev–Trinajstić information content (AvgIpc) is 3.05. The molecule has 3 aromatic rings. The number of Topliss-reactive ketones (excluding diaryl/α,β-unsaturated/α-hetero) is 1. The summed E-state index contributed by atoms with van der Waals surface area (Å²) in [7, 11) is 0. The molecule has 31 heavy (non-hydrogen) atoms. The minimum atomic E-state index is -1.17. The molecule has 10 heteroatoms. The second-order valence-corrected chi connectivity index (χ2v) is 7.01. The zero-order chi connectivity index (χ0) is 22.1. The van der Waals surface area contributed by atoms with Crippen molar-refractivity contribution >= 4 is 40.7 Å². The molecule has 1 aliphatic heterocycles. The van der Waals surface area contributed by atoms with Crippen LogP contribution in [0.1, 0.15) is 17.2 Å². The summed E-state index contributed by atoms with van der Waals surface area (Å²) in [6.07, 6.45) is 2.79. The maximum atomic E-state index is 12.9. The van der Waals surface area contributed by atoms with E-state index in [4.69, 9.17) is 11.6 Å². The minimum Gasteiger partial charge on any atom is -0.507 e. The first-order valence-corrected chi connectivity index (χ1v) is 9.34. The van der Waals surface area contributed by atoms with Crippen molar-refractivity contribution in [3.63, 3.8) is 0 Å². The van der Waals surface area contributed by atoms with Gasteiger partial charge in [-0.25, -0.2) is 9.97 Å². The van der Waals surface area contributed by atoms with Crippen molar-refractivity contribution in [1.29, 1.82) is 0 Å². The van der Waals surface area contributed by atoms with E-state index in [-0.39, 0.29) is 28.3 Å². The van der Waals surface area contributed by atoms with Gasteiger partial charge in [-0.2, -0.15) is 0 Å². The minimum absolute atomic E-state index is 0.0729. The number of benzene rings is 2. The van der Waals surface area contributed by atoms with Gasteiger partial charge in [-0.1, -0.05) is 23.7 Å². The third kappa shape index (κ3) is 3.62. The molecule has 0 spiro atoms. The lowest BCUT2D eigenvalue weighted by Gasteiger charge is -2.23. The van der Waals surface area contributed by atoms with Gasteiger partial charge in [0.15, 0.2) is 0 Å². The summed E-state index contributed by atoms with van der Waals surface area (Å²) >= 11 is 5.90. The largest absolute Gasteiger partial charge is 0.507 e. The Morgan fingerprint density at radius 2 is 1.74 bits per heavy atom. The van der Waals surface area contributed by atoms with Crippen LogP contribution in [0.25, 0.3) is 5.76 Å². The van der Waals surface area contributed by atoms with Crippen molar-refractivity contribution in [3.8, 4) is 0 Å². The fraction of sp³-hybridized carbons (Fsp3) is 0.0476. The Morgan fingerprint density at radius 3 is 2.39 bits per heavy atom. The van der Waals surface area contributed by atoms with Crippen LogP contribution in [0.3, 0.4) is 0 Å². The van der Waals surface area contributed by atoms with E-state index in [1.54, 1.807) is 0 Å². The normalized spacial score (nSPS) is 17.7. The van der Waals surface area contributed by atoms with Gasteiger partial charge in [0.1, 0.15) is 5.76 Å². The zero-order valence-electron chi connectivity index (χ0n) is 15.7. The van der Waals surface area contributed by atoms with Gasteiger partial charge in [-0.15, -0.1) is 0 Å². The maximum absolute atomic E-state index is 12.9. The predicted octanol–water partition coefficient (Wildman–Crippen LogP) is 3.66. The number of aliphatic hydroxyl groups excluding tert-OH is 1. The highest BCUT2D eigenvalue weighted by Gasteiger charge is 2.48. The fourth-order valence-electron chi connectivity index (χ4n) is 3.34. The van der Waals surface area contributed by atoms with Crippen LogP contribution in [0.15, 0.2) is 72.6 Å². The van der Waals surface area contributed by atoms with Gasteiger partial charge in [0.25, 0.3) is 11.5 Å². The van der Waals surface area contributed by atoms with Crippen molar-refractivity contribution in [2.24, 2.45) is 0 Å². The molecular formula is C21H13ClN4O5. The first-order valence-electron chi connectivity index (χ1n) is 8.97. The summed E-state index contributed by atoms with van der Waals surface area (Å²) in [4.78, 5) is 45.6. The Bertz CT molecular complexity index is 1230. The molecule has 1 fully saturated rings.